The molecule has 2 nitrogen and oxygen atoms in total. The molecule has 2 rings (SSSR count). The monoisotopic (exact) mass is 195 g/mol. The number of aliphatic hydroxyl groups excluding tert-OH is 1. The highest BCUT2D eigenvalue weighted by Gasteiger charge is 2.28. The molecule has 0 amide bonds. The zero-order valence-electron chi connectivity index (χ0n) is 7.91. The van der Waals surface area contributed by atoms with E-state index in [1.54, 1.807) is 12.1 Å². The summed E-state index contributed by atoms with van der Waals surface area (Å²) in [5.74, 6) is -0.0442. The average Bonchev–Trinajstić information content (AvgIpc) is 2.66. The fourth-order valence-corrected chi connectivity index (χ4v) is 2.05. The van der Waals surface area contributed by atoms with Crippen molar-refractivity contribution < 1.29 is 9.50 Å². The van der Waals surface area contributed by atoms with Gasteiger partial charge < -0.3 is 10.4 Å². The van der Waals surface area contributed by atoms with E-state index >= 15 is 0 Å². The third kappa shape index (κ3) is 1.65. The highest BCUT2D eigenvalue weighted by molar-refractivity contribution is 5.22. The van der Waals surface area contributed by atoms with Gasteiger partial charge in [-0.1, -0.05) is 18.2 Å². The van der Waals surface area contributed by atoms with Crippen LogP contribution in [-0.2, 0) is 0 Å². The summed E-state index contributed by atoms with van der Waals surface area (Å²) in [6.45, 7) is 0.968. The Balaban J connectivity index is 2.26. The second-order valence-electron chi connectivity index (χ2n) is 3.68. The lowest BCUT2D eigenvalue weighted by molar-refractivity contribution is 0.213. The molecule has 1 fully saturated rings. The van der Waals surface area contributed by atoms with Crippen LogP contribution in [0.2, 0.25) is 0 Å². The maximum absolute atomic E-state index is 13.4. The van der Waals surface area contributed by atoms with Gasteiger partial charge in [0, 0.05) is 24.1 Å². The summed E-state index contributed by atoms with van der Waals surface area (Å²) in [4.78, 5) is 0. The number of aliphatic hydroxyl groups is 1. The second kappa shape index (κ2) is 4.07. The Kier molecular flexibility index (Phi) is 2.79. The Morgan fingerprint density at radius 2 is 2.21 bits per heavy atom. The van der Waals surface area contributed by atoms with E-state index in [2.05, 4.69) is 5.32 Å². The Morgan fingerprint density at radius 1 is 1.43 bits per heavy atom. The lowest BCUT2D eigenvalue weighted by atomic mass is 9.95. The predicted octanol–water partition coefficient (Wildman–Crippen LogP) is 1.47. The molecule has 2 atom stereocenters. The Bertz CT molecular complexity index is 316. The first kappa shape index (κ1) is 9.62. The standard InChI is InChI=1S/C11H14FNO/c12-10-4-2-1-3-9(10)11-8(7-14)5-6-13-11/h1-4,8,11,13-14H,5-7H2. The summed E-state index contributed by atoms with van der Waals surface area (Å²) in [6.07, 6.45) is 0.912. The van der Waals surface area contributed by atoms with E-state index in [4.69, 9.17) is 5.11 Å². The van der Waals surface area contributed by atoms with Gasteiger partial charge >= 0.3 is 0 Å². The predicted molar refractivity (Wildman–Crippen MR) is 52.3 cm³/mol. The third-order valence-corrected chi connectivity index (χ3v) is 2.83. The highest BCUT2D eigenvalue weighted by atomic mass is 19.1. The van der Waals surface area contributed by atoms with Crippen LogP contribution in [0.1, 0.15) is 18.0 Å². The first-order valence-corrected chi connectivity index (χ1v) is 4.91. The molecule has 76 valence electrons. The van der Waals surface area contributed by atoms with Gasteiger partial charge in [0.15, 0.2) is 0 Å². The first-order chi connectivity index (χ1) is 6.83. The minimum Gasteiger partial charge on any atom is -0.396 e. The van der Waals surface area contributed by atoms with Gasteiger partial charge in [-0.05, 0) is 19.0 Å². The molecule has 1 aliphatic heterocycles. The largest absolute Gasteiger partial charge is 0.396 e. The number of rotatable bonds is 2. The van der Waals surface area contributed by atoms with E-state index in [0.717, 1.165) is 13.0 Å². The molecule has 0 radical (unpaired) electrons. The molecule has 1 saturated heterocycles. The van der Waals surface area contributed by atoms with Gasteiger partial charge in [-0.2, -0.15) is 0 Å². The Morgan fingerprint density at radius 3 is 2.93 bits per heavy atom. The summed E-state index contributed by atoms with van der Waals surface area (Å²) in [5.41, 5.74) is 0.670. The van der Waals surface area contributed by atoms with Crippen LogP contribution in [0.25, 0.3) is 0 Å². The first-order valence-electron chi connectivity index (χ1n) is 4.91. The van der Waals surface area contributed by atoms with Crippen LogP contribution in [0.3, 0.4) is 0 Å². The molecule has 3 heteroatoms. The molecule has 0 bridgehead atoms. The fraction of sp³-hybridized carbons (Fsp3) is 0.455. The van der Waals surface area contributed by atoms with Crippen LogP contribution in [0.4, 0.5) is 4.39 Å². The van der Waals surface area contributed by atoms with Gasteiger partial charge in [-0.25, -0.2) is 4.39 Å². The summed E-state index contributed by atoms with van der Waals surface area (Å²) in [6, 6.07) is 6.72. The van der Waals surface area contributed by atoms with Crippen LogP contribution >= 0.6 is 0 Å². The summed E-state index contributed by atoms with van der Waals surface area (Å²) in [5, 5.41) is 12.3. The number of halogens is 1. The van der Waals surface area contributed by atoms with Crippen molar-refractivity contribution >= 4 is 0 Å². The zero-order chi connectivity index (χ0) is 9.97. The molecule has 0 aromatic heterocycles. The molecule has 2 N–H and O–H groups in total. The zero-order valence-corrected chi connectivity index (χ0v) is 7.91. The van der Waals surface area contributed by atoms with Crippen LogP contribution in [-0.4, -0.2) is 18.3 Å². The van der Waals surface area contributed by atoms with E-state index < -0.39 is 0 Å². The smallest absolute Gasteiger partial charge is 0.127 e. The van der Waals surface area contributed by atoms with Crippen molar-refractivity contribution in [3.05, 3.63) is 35.6 Å². The lowest BCUT2D eigenvalue weighted by Gasteiger charge is -2.18. The number of benzene rings is 1. The van der Waals surface area contributed by atoms with Gasteiger partial charge in [0.2, 0.25) is 0 Å². The fourth-order valence-electron chi connectivity index (χ4n) is 2.05. The van der Waals surface area contributed by atoms with Gasteiger partial charge in [0.1, 0.15) is 5.82 Å². The molecule has 0 spiro atoms. The SMILES string of the molecule is OCC1CCNC1c1ccccc1F. The average molecular weight is 195 g/mol. The van der Waals surface area contributed by atoms with Gasteiger partial charge in [-0.15, -0.1) is 0 Å². The Labute approximate surface area is 82.8 Å². The maximum Gasteiger partial charge on any atom is 0.127 e. The van der Waals surface area contributed by atoms with Crippen molar-refractivity contribution in [1.82, 2.24) is 5.32 Å². The molecule has 1 aromatic rings. The van der Waals surface area contributed by atoms with Crippen molar-refractivity contribution in [2.75, 3.05) is 13.2 Å². The Hall–Kier alpha value is -0.930. The normalized spacial score (nSPS) is 26.7. The summed E-state index contributed by atoms with van der Waals surface area (Å²) in [7, 11) is 0. The molecule has 0 aliphatic carbocycles. The maximum atomic E-state index is 13.4. The molecule has 14 heavy (non-hydrogen) atoms. The van der Waals surface area contributed by atoms with E-state index in [1.807, 2.05) is 6.07 Å². The van der Waals surface area contributed by atoms with Crippen molar-refractivity contribution in [3.63, 3.8) is 0 Å². The molecule has 1 aliphatic rings. The molecule has 1 heterocycles. The van der Waals surface area contributed by atoms with Crippen LogP contribution in [0.15, 0.2) is 24.3 Å². The van der Waals surface area contributed by atoms with E-state index in [0.29, 0.717) is 5.56 Å². The van der Waals surface area contributed by atoms with Crippen LogP contribution < -0.4 is 5.32 Å². The molecular formula is C11H14FNO. The van der Waals surface area contributed by atoms with Crippen LogP contribution in [0.5, 0.6) is 0 Å². The van der Waals surface area contributed by atoms with Crippen molar-refractivity contribution in [2.45, 2.75) is 12.5 Å². The number of nitrogens with one attached hydrogen (secondary N) is 1. The summed E-state index contributed by atoms with van der Waals surface area (Å²) < 4.78 is 13.4. The molecule has 2 unspecified atom stereocenters. The number of hydrogen-bond donors (Lipinski definition) is 2. The second-order valence-corrected chi connectivity index (χ2v) is 3.68. The van der Waals surface area contributed by atoms with Crippen molar-refractivity contribution in [1.29, 1.82) is 0 Å². The van der Waals surface area contributed by atoms with E-state index in [1.165, 1.54) is 6.07 Å². The topological polar surface area (TPSA) is 32.3 Å². The van der Waals surface area contributed by atoms with Gasteiger partial charge in [0.25, 0.3) is 0 Å². The molecular weight excluding hydrogens is 181 g/mol. The van der Waals surface area contributed by atoms with Crippen molar-refractivity contribution in [2.24, 2.45) is 5.92 Å². The summed E-state index contributed by atoms with van der Waals surface area (Å²) >= 11 is 0. The highest BCUT2D eigenvalue weighted by Crippen LogP contribution is 2.30. The van der Waals surface area contributed by atoms with Gasteiger partial charge in [0.05, 0.1) is 0 Å². The van der Waals surface area contributed by atoms with Gasteiger partial charge in [-0.3, -0.25) is 0 Å². The van der Waals surface area contributed by atoms with Crippen molar-refractivity contribution in [3.8, 4) is 0 Å². The number of hydrogen-bond acceptors (Lipinski definition) is 2. The minimum absolute atomic E-state index is 0.0267. The minimum atomic E-state index is -0.189. The molecule has 0 saturated carbocycles. The lowest BCUT2D eigenvalue weighted by Crippen LogP contribution is -2.21. The van der Waals surface area contributed by atoms with Crippen LogP contribution in [0, 0.1) is 11.7 Å². The third-order valence-electron chi connectivity index (χ3n) is 2.83. The van der Waals surface area contributed by atoms with E-state index in [9.17, 15) is 4.39 Å². The molecule has 1 aromatic carbocycles. The quantitative estimate of drug-likeness (QED) is 0.749. The van der Waals surface area contributed by atoms with E-state index in [-0.39, 0.29) is 24.4 Å².